The molecular formula is C26H25NO4. The molecular weight excluding hydrogens is 390 g/mol. The summed E-state index contributed by atoms with van der Waals surface area (Å²) in [6, 6.07) is 27.4. The predicted molar refractivity (Wildman–Crippen MR) is 123 cm³/mol. The molecule has 0 bridgehead atoms. The monoisotopic (exact) mass is 415 g/mol. The lowest BCUT2D eigenvalue weighted by Crippen LogP contribution is -2.21. The van der Waals surface area contributed by atoms with Gasteiger partial charge in [-0.25, -0.2) is 0 Å². The summed E-state index contributed by atoms with van der Waals surface area (Å²) in [5, 5.41) is 9.79. The standard InChI is InChI=1S/C26H25NO4/c28-13-14-30-15-16-31-22-11-12-23-24(21-9-5-2-6-10-21)18-26(29)27(25(23)17-22)19-20-7-3-1-4-8-20/h1-12,17-18,28H,13-16,19H2. The highest BCUT2D eigenvalue weighted by Gasteiger charge is 2.12. The highest BCUT2D eigenvalue weighted by atomic mass is 16.5. The molecule has 0 aliphatic heterocycles. The highest BCUT2D eigenvalue weighted by Crippen LogP contribution is 2.30. The van der Waals surface area contributed by atoms with Crippen molar-refractivity contribution in [3.8, 4) is 16.9 Å². The van der Waals surface area contributed by atoms with Crippen LogP contribution in [0.25, 0.3) is 22.0 Å². The van der Waals surface area contributed by atoms with Gasteiger partial charge >= 0.3 is 0 Å². The number of ether oxygens (including phenoxy) is 2. The van der Waals surface area contributed by atoms with E-state index in [-0.39, 0.29) is 18.8 Å². The van der Waals surface area contributed by atoms with Crippen molar-refractivity contribution in [1.82, 2.24) is 4.57 Å². The molecule has 3 aromatic carbocycles. The number of nitrogens with zero attached hydrogens (tertiary/aromatic N) is 1. The molecule has 31 heavy (non-hydrogen) atoms. The molecule has 0 spiro atoms. The number of aromatic nitrogens is 1. The van der Waals surface area contributed by atoms with Gasteiger partial charge in [-0.05, 0) is 28.8 Å². The highest BCUT2D eigenvalue weighted by molar-refractivity contribution is 5.95. The van der Waals surface area contributed by atoms with E-state index in [0.717, 1.165) is 27.6 Å². The summed E-state index contributed by atoms with van der Waals surface area (Å²) in [5.74, 6) is 0.673. The quantitative estimate of drug-likeness (QED) is 0.418. The maximum Gasteiger partial charge on any atom is 0.251 e. The number of rotatable bonds is 9. The molecule has 0 radical (unpaired) electrons. The summed E-state index contributed by atoms with van der Waals surface area (Å²) < 4.78 is 12.9. The molecule has 0 aliphatic carbocycles. The fraction of sp³-hybridized carbons (Fsp3) is 0.192. The summed E-state index contributed by atoms with van der Waals surface area (Å²) in [7, 11) is 0. The minimum atomic E-state index is -0.0568. The molecule has 158 valence electrons. The van der Waals surface area contributed by atoms with E-state index in [2.05, 4.69) is 0 Å². The number of pyridine rings is 1. The van der Waals surface area contributed by atoms with Crippen molar-refractivity contribution < 1.29 is 14.6 Å². The predicted octanol–water partition coefficient (Wildman–Crippen LogP) is 4.10. The van der Waals surface area contributed by atoms with E-state index in [1.54, 1.807) is 10.6 Å². The van der Waals surface area contributed by atoms with E-state index in [1.165, 1.54) is 0 Å². The lowest BCUT2D eigenvalue weighted by atomic mass is 10.0. The van der Waals surface area contributed by atoms with Gasteiger partial charge in [0.1, 0.15) is 12.4 Å². The molecule has 1 heterocycles. The first-order valence-corrected chi connectivity index (χ1v) is 10.3. The van der Waals surface area contributed by atoms with E-state index >= 15 is 0 Å². The van der Waals surface area contributed by atoms with Crippen LogP contribution in [0.4, 0.5) is 0 Å². The van der Waals surface area contributed by atoms with Crippen LogP contribution < -0.4 is 10.3 Å². The number of hydrogen-bond donors (Lipinski definition) is 1. The van der Waals surface area contributed by atoms with Crippen molar-refractivity contribution in [2.45, 2.75) is 6.54 Å². The smallest absolute Gasteiger partial charge is 0.251 e. The van der Waals surface area contributed by atoms with Crippen molar-refractivity contribution in [2.75, 3.05) is 26.4 Å². The number of aliphatic hydroxyl groups excluding tert-OH is 1. The second kappa shape index (κ2) is 10.1. The van der Waals surface area contributed by atoms with Gasteiger partial charge in [-0.15, -0.1) is 0 Å². The van der Waals surface area contributed by atoms with Crippen LogP contribution in [0.1, 0.15) is 5.56 Å². The van der Waals surface area contributed by atoms with E-state index < -0.39 is 0 Å². The maximum atomic E-state index is 13.2. The molecule has 0 fully saturated rings. The molecule has 0 aliphatic rings. The Bertz CT molecular complexity index is 1190. The van der Waals surface area contributed by atoms with E-state index in [9.17, 15) is 4.79 Å². The van der Waals surface area contributed by atoms with Gasteiger partial charge in [-0.3, -0.25) is 4.79 Å². The van der Waals surface area contributed by atoms with Crippen LogP contribution in [0.2, 0.25) is 0 Å². The summed E-state index contributed by atoms with van der Waals surface area (Å²) >= 11 is 0. The zero-order valence-electron chi connectivity index (χ0n) is 17.2. The zero-order chi connectivity index (χ0) is 21.5. The van der Waals surface area contributed by atoms with Gasteiger partial charge in [0.05, 0.1) is 31.9 Å². The van der Waals surface area contributed by atoms with Crippen molar-refractivity contribution in [3.63, 3.8) is 0 Å². The van der Waals surface area contributed by atoms with Crippen molar-refractivity contribution in [2.24, 2.45) is 0 Å². The average Bonchev–Trinajstić information content (AvgIpc) is 2.82. The second-order valence-electron chi connectivity index (χ2n) is 7.20. The van der Waals surface area contributed by atoms with Crippen molar-refractivity contribution >= 4 is 10.9 Å². The van der Waals surface area contributed by atoms with Gasteiger partial charge in [-0.2, -0.15) is 0 Å². The molecule has 1 N–H and O–H groups in total. The topological polar surface area (TPSA) is 60.7 Å². The number of hydrogen-bond acceptors (Lipinski definition) is 4. The Hall–Kier alpha value is -3.41. The largest absolute Gasteiger partial charge is 0.491 e. The summed E-state index contributed by atoms with van der Waals surface area (Å²) in [5.41, 5.74) is 3.73. The Kier molecular flexibility index (Phi) is 6.77. The zero-order valence-corrected chi connectivity index (χ0v) is 17.2. The lowest BCUT2D eigenvalue weighted by molar-refractivity contribution is 0.0705. The Morgan fingerprint density at radius 2 is 1.55 bits per heavy atom. The normalized spacial score (nSPS) is 11.0. The van der Waals surface area contributed by atoms with E-state index in [0.29, 0.717) is 25.5 Å². The van der Waals surface area contributed by atoms with Crippen LogP contribution in [0.15, 0.2) is 89.7 Å². The molecule has 0 saturated carbocycles. The van der Waals surface area contributed by atoms with Gasteiger partial charge in [0, 0.05) is 17.5 Å². The summed E-state index contributed by atoms with van der Waals surface area (Å²) in [6.07, 6.45) is 0. The van der Waals surface area contributed by atoms with Gasteiger partial charge in [0.25, 0.3) is 5.56 Å². The van der Waals surface area contributed by atoms with Crippen LogP contribution in [-0.4, -0.2) is 36.1 Å². The van der Waals surface area contributed by atoms with Crippen LogP contribution in [0.3, 0.4) is 0 Å². The minimum Gasteiger partial charge on any atom is -0.491 e. The molecule has 0 saturated heterocycles. The molecule has 0 unspecified atom stereocenters. The van der Waals surface area contributed by atoms with Gasteiger partial charge < -0.3 is 19.1 Å². The van der Waals surface area contributed by atoms with E-state index in [4.69, 9.17) is 14.6 Å². The summed E-state index contributed by atoms with van der Waals surface area (Å²) in [4.78, 5) is 13.2. The van der Waals surface area contributed by atoms with E-state index in [1.807, 2.05) is 78.9 Å². The SMILES string of the molecule is O=c1cc(-c2ccccc2)c2ccc(OCCOCCO)cc2n1Cc1ccccc1. The van der Waals surface area contributed by atoms with Crippen LogP contribution in [0, 0.1) is 0 Å². The van der Waals surface area contributed by atoms with Crippen LogP contribution >= 0.6 is 0 Å². The molecule has 4 aromatic rings. The minimum absolute atomic E-state index is 0.00992. The molecule has 4 rings (SSSR count). The second-order valence-corrected chi connectivity index (χ2v) is 7.20. The molecule has 5 nitrogen and oxygen atoms in total. The van der Waals surface area contributed by atoms with Crippen LogP contribution in [-0.2, 0) is 11.3 Å². The lowest BCUT2D eigenvalue weighted by Gasteiger charge is -2.16. The Morgan fingerprint density at radius 1 is 0.806 bits per heavy atom. The Labute approximate surface area is 181 Å². The molecule has 0 atom stereocenters. The van der Waals surface area contributed by atoms with Gasteiger partial charge in [-0.1, -0.05) is 60.7 Å². The Morgan fingerprint density at radius 3 is 2.29 bits per heavy atom. The number of fused-ring (bicyclic) bond motifs is 1. The molecule has 0 amide bonds. The third kappa shape index (κ3) is 5.02. The third-order valence-corrected chi connectivity index (χ3v) is 5.08. The first-order chi connectivity index (χ1) is 15.3. The van der Waals surface area contributed by atoms with Crippen molar-refractivity contribution in [1.29, 1.82) is 0 Å². The molecule has 5 heteroatoms. The first kappa shape index (κ1) is 20.8. The van der Waals surface area contributed by atoms with Gasteiger partial charge in [0.15, 0.2) is 0 Å². The number of aliphatic hydroxyl groups is 1. The fourth-order valence-electron chi connectivity index (χ4n) is 3.62. The fourth-order valence-corrected chi connectivity index (χ4v) is 3.62. The Balaban J connectivity index is 1.76. The van der Waals surface area contributed by atoms with Crippen LogP contribution in [0.5, 0.6) is 5.75 Å². The summed E-state index contributed by atoms with van der Waals surface area (Å²) in [6.45, 7) is 1.52. The maximum absolute atomic E-state index is 13.2. The molecule has 1 aromatic heterocycles. The first-order valence-electron chi connectivity index (χ1n) is 10.3. The number of benzene rings is 3. The average molecular weight is 415 g/mol. The third-order valence-electron chi connectivity index (χ3n) is 5.08. The van der Waals surface area contributed by atoms with Gasteiger partial charge in [0.2, 0.25) is 0 Å². The van der Waals surface area contributed by atoms with Crippen molar-refractivity contribution in [3.05, 3.63) is 101 Å².